The van der Waals surface area contributed by atoms with Crippen LogP contribution in [0, 0.1) is 25.5 Å². The third-order valence-corrected chi connectivity index (χ3v) is 4.39. The lowest BCUT2D eigenvalue weighted by atomic mass is 9.99. The minimum absolute atomic E-state index is 0.0771. The SMILES string of the molecule is Cc1cc(C(=O)Cc2cccc(F)c2F)cc(C)c1Br. The number of halogens is 3. The van der Waals surface area contributed by atoms with Crippen molar-refractivity contribution in [3.8, 4) is 0 Å². The molecule has 20 heavy (non-hydrogen) atoms. The fraction of sp³-hybridized carbons (Fsp3) is 0.188. The van der Waals surface area contributed by atoms with Gasteiger partial charge in [0.2, 0.25) is 0 Å². The van der Waals surface area contributed by atoms with Crippen molar-refractivity contribution in [3.05, 3.63) is 68.7 Å². The van der Waals surface area contributed by atoms with Crippen molar-refractivity contribution < 1.29 is 13.6 Å². The summed E-state index contributed by atoms with van der Waals surface area (Å²) in [6.45, 7) is 3.77. The van der Waals surface area contributed by atoms with Crippen molar-refractivity contribution >= 4 is 21.7 Å². The number of hydrogen-bond acceptors (Lipinski definition) is 1. The van der Waals surface area contributed by atoms with Crippen molar-refractivity contribution in [2.45, 2.75) is 20.3 Å². The van der Waals surface area contributed by atoms with Gasteiger partial charge in [0.05, 0.1) is 0 Å². The first-order chi connectivity index (χ1) is 9.40. The lowest BCUT2D eigenvalue weighted by Crippen LogP contribution is -2.07. The maximum absolute atomic E-state index is 13.6. The van der Waals surface area contributed by atoms with Crippen LogP contribution in [-0.2, 0) is 6.42 Å². The Morgan fingerprint density at radius 3 is 2.35 bits per heavy atom. The molecule has 0 heterocycles. The molecule has 2 aromatic carbocycles. The molecule has 0 bridgehead atoms. The predicted octanol–water partition coefficient (Wildman–Crippen LogP) is 4.77. The van der Waals surface area contributed by atoms with E-state index in [9.17, 15) is 13.6 Å². The molecule has 0 atom stereocenters. The lowest BCUT2D eigenvalue weighted by Gasteiger charge is -2.08. The normalized spacial score (nSPS) is 10.7. The number of rotatable bonds is 3. The molecule has 0 saturated carbocycles. The van der Waals surface area contributed by atoms with Crippen molar-refractivity contribution in [2.75, 3.05) is 0 Å². The van der Waals surface area contributed by atoms with E-state index >= 15 is 0 Å². The number of Topliss-reactive ketones (excluding diaryl/α,β-unsaturated/α-hetero) is 1. The van der Waals surface area contributed by atoms with Gasteiger partial charge in [0, 0.05) is 16.5 Å². The van der Waals surface area contributed by atoms with E-state index in [0.717, 1.165) is 21.7 Å². The van der Waals surface area contributed by atoms with Crippen LogP contribution in [0.25, 0.3) is 0 Å². The maximum atomic E-state index is 13.6. The third kappa shape index (κ3) is 2.96. The average Bonchev–Trinajstić information content (AvgIpc) is 2.40. The molecule has 1 nitrogen and oxygen atoms in total. The van der Waals surface area contributed by atoms with Gasteiger partial charge in [-0.05, 0) is 48.7 Å². The van der Waals surface area contributed by atoms with E-state index in [1.54, 1.807) is 12.1 Å². The second-order valence-corrected chi connectivity index (χ2v) is 5.53. The first-order valence-corrected chi connectivity index (χ1v) is 6.92. The van der Waals surface area contributed by atoms with E-state index in [1.165, 1.54) is 12.1 Å². The van der Waals surface area contributed by atoms with Gasteiger partial charge in [-0.2, -0.15) is 0 Å². The van der Waals surface area contributed by atoms with Gasteiger partial charge in [-0.25, -0.2) is 8.78 Å². The average molecular weight is 339 g/mol. The second-order valence-electron chi connectivity index (χ2n) is 4.74. The van der Waals surface area contributed by atoms with E-state index in [4.69, 9.17) is 0 Å². The highest BCUT2D eigenvalue weighted by molar-refractivity contribution is 9.10. The largest absolute Gasteiger partial charge is 0.294 e. The third-order valence-electron chi connectivity index (χ3n) is 3.14. The molecule has 4 heteroatoms. The molecule has 0 aliphatic heterocycles. The van der Waals surface area contributed by atoms with Crippen LogP contribution in [-0.4, -0.2) is 5.78 Å². The fourth-order valence-electron chi connectivity index (χ4n) is 2.07. The molecule has 0 radical (unpaired) electrons. The molecule has 0 N–H and O–H groups in total. The van der Waals surface area contributed by atoms with Crippen LogP contribution in [0.2, 0.25) is 0 Å². The van der Waals surface area contributed by atoms with Crippen molar-refractivity contribution in [2.24, 2.45) is 0 Å². The minimum atomic E-state index is -0.952. The minimum Gasteiger partial charge on any atom is -0.294 e. The Balaban J connectivity index is 2.31. The Kier molecular flexibility index (Phi) is 4.33. The summed E-state index contributed by atoms with van der Waals surface area (Å²) in [7, 11) is 0. The fourth-order valence-corrected chi connectivity index (χ4v) is 2.30. The first-order valence-electron chi connectivity index (χ1n) is 6.13. The van der Waals surface area contributed by atoms with Gasteiger partial charge in [0.15, 0.2) is 17.4 Å². The molecule has 0 aliphatic carbocycles. The zero-order chi connectivity index (χ0) is 14.9. The summed E-state index contributed by atoms with van der Waals surface area (Å²) in [5.41, 5.74) is 2.46. The van der Waals surface area contributed by atoms with Crippen LogP contribution in [0.15, 0.2) is 34.8 Å². The standard InChI is InChI=1S/C16H13BrF2O/c1-9-6-12(7-10(2)15(9)17)14(20)8-11-4-3-5-13(18)16(11)19/h3-7H,8H2,1-2H3. The Hall–Kier alpha value is -1.55. The summed E-state index contributed by atoms with van der Waals surface area (Å²) in [5, 5.41) is 0. The van der Waals surface area contributed by atoms with Gasteiger partial charge in [0.25, 0.3) is 0 Å². The van der Waals surface area contributed by atoms with Gasteiger partial charge in [-0.3, -0.25) is 4.79 Å². The molecule has 104 valence electrons. The number of aryl methyl sites for hydroxylation is 2. The van der Waals surface area contributed by atoms with Gasteiger partial charge >= 0.3 is 0 Å². The van der Waals surface area contributed by atoms with Crippen LogP contribution in [0.1, 0.15) is 27.0 Å². The molecule has 0 aliphatic rings. The summed E-state index contributed by atoms with van der Waals surface area (Å²) in [5.74, 6) is -2.11. The van der Waals surface area contributed by atoms with E-state index < -0.39 is 11.6 Å². The van der Waals surface area contributed by atoms with E-state index in [1.807, 2.05) is 13.8 Å². The maximum Gasteiger partial charge on any atom is 0.167 e. The summed E-state index contributed by atoms with van der Waals surface area (Å²) in [6, 6.07) is 7.36. The molecule has 0 amide bonds. The smallest absolute Gasteiger partial charge is 0.167 e. The highest BCUT2D eigenvalue weighted by Crippen LogP contribution is 2.23. The van der Waals surface area contributed by atoms with E-state index in [0.29, 0.717) is 5.56 Å². The molecule has 0 fully saturated rings. The number of carbonyl (C=O) groups excluding carboxylic acids is 1. The zero-order valence-corrected chi connectivity index (χ0v) is 12.7. The Bertz CT molecular complexity index is 657. The molecule has 0 aromatic heterocycles. The van der Waals surface area contributed by atoms with Crippen molar-refractivity contribution in [1.29, 1.82) is 0 Å². The van der Waals surface area contributed by atoms with Crippen LogP contribution >= 0.6 is 15.9 Å². The van der Waals surface area contributed by atoms with Gasteiger partial charge in [0.1, 0.15) is 0 Å². The van der Waals surface area contributed by atoms with Crippen LogP contribution < -0.4 is 0 Å². The summed E-state index contributed by atoms with van der Waals surface area (Å²) >= 11 is 3.43. The monoisotopic (exact) mass is 338 g/mol. The summed E-state index contributed by atoms with van der Waals surface area (Å²) in [4.78, 5) is 12.2. The second kappa shape index (κ2) is 5.83. The topological polar surface area (TPSA) is 17.1 Å². The van der Waals surface area contributed by atoms with Gasteiger partial charge in [-0.1, -0.05) is 28.1 Å². The number of ketones is 1. The van der Waals surface area contributed by atoms with Crippen LogP contribution in [0.5, 0.6) is 0 Å². The molecule has 0 saturated heterocycles. The van der Waals surface area contributed by atoms with E-state index in [2.05, 4.69) is 15.9 Å². The zero-order valence-electron chi connectivity index (χ0n) is 11.1. The van der Waals surface area contributed by atoms with E-state index in [-0.39, 0.29) is 17.8 Å². The molecular weight excluding hydrogens is 326 g/mol. The Morgan fingerprint density at radius 1 is 1.15 bits per heavy atom. The first kappa shape index (κ1) is 14.9. The highest BCUT2D eigenvalue weighted by Gasteiger charge is 2.14. The summed E-state index contributed by atoms with van der Waals surface area (Å²) in [6.07, 6.45) is -0.149. The van der Waals surface area contributed by atoms with Gasteiger partial charge in [-0.15, -0.1) is 0 Å². The number of benzene rings is 2. The molecule has 0 spiro atoms. The van der Waals surface area contributed by atoms with Crippen LogP contribution in [0.4, 0.5) is 8.78 Å². The molecule has 2 rings (SSSR count). The highest BCUT2D eigenvalue weighted by atomic mass is 79.9. The van der Waals surface area contributed by atoms with Crippen molar-refractivity contribution in [1.82, 2.24) is 0 Å². The number of carbonyl (C=O) groups is 1. The Morgan fingerprint density at radius 2 is 1.75 bits per heavy atom. The predicted molar refractivity (Wildman–Crippen MR) is 78.0 cm³/mol. The van der Waals surface area contributed by atoms with Crippen molar-refractivity contribution in [3.63, 3.8) is 0 Å². The molecule has 0 unspecified atom stereocenters. The lowest BCUT2D eigenvalue weighted by molar-refractivity contribution is 0.0991. The quantitative estimate of drug-likeness (QED) is 0.736. The van der Waals surface area contributed by atoms with Crippen LogP contribution in [0.3, 0.4) is 0 Å². The Labute approximate surface area is 124 Å². The number of hydrogen-bond donors (Lipinski definition) is 0. The summed E-state index contributed by atoms with van der Waals surface area (Å²) < 4.78 is 27.6. The molecule has 2 aromatic rings. The molecular formula is C16H13BrF2O. The van der Waals surface area contributed by atoms with Gasteiger partial charge < -0.3 is 0 Å².